The number of aryl methyl sites for hydroxylation is 1. The Morgan fingerprint density at radius 3 is 2.89 bits per heavy atom. The third-order valence-corrected chi connectivity index (χ3v) is 2.98. The van der Waals surface area contributed by atoms with Gasteiger partial charge >= 0.3 is 12.1 Å². The van der Waals surface area contributed by atoms with Gasteiger partial charge in [-0.3, -0.25) is 9.48 Å². The Bertz CT molecular complexity index is 495. The smallest absolute Gasteiger partial charge is 0.407 e. The van der Waals surface area contributed by atoms with E-state index < -0.39 is 12.1 Å². The average Bonchev–Trinajstić information content (AvgIpc) is 2.78. The molecule has 0 bridgehead atoms. The fourth-order valence-electron chi connectivity index (χ4n) is 2.05. The largest absolute Gasteiger partial charge is 0.481 e. The van der Waals surface area contributed by atoms with E-state index in [-0.39, 0.29) is 12.5 Å². The number of aliphatic carboxylic acids is 1. The first-order valence-electron chi connectivity index (χ1n) is 5.66. The molecule has 98 valence electrons. The molecule has 1 atom stereocenters. The van der Waals surface area contributed by atoms with Gasteiger partial charge in [0.1, 0.15) is 6.10 Å². The number of amides is 1. The minimum Gasteiger partial charge on any atom is -0.481 e. The molecule has 1 amide bonds. The molecule has 0 aromatic carbocycles. The van der Waals surface area contributed by atoms with Gasteiger partial charge in [-0.2, -0.15) is 5.10 Å². The zero-order valence-electron chi connectivity index (χ0n) is 10.3. The second-order valence-electron chi connectivity index (χ2n) is 4.31. The highest BCUT2D eigenvalue weighted by Gasteiger charge is 2.24. The highest BCUT2D eigenvalue weighted by molar-refractivity contribution is 5.71. The van der Waals surface area contributed by atoms with Gasteiger partial charge in [0.15, 0.2) is 0 Å². The number of carbonyl (C=O) groups excluding carboxylic acids is 1. The van der Waals surface area contributed by atoms with Crippen LogP contribution in [0.3, 0.4) is 0 Å². The van der Waals surface area contributed by atoms with Crippen molar-refractivity contribution in [2.45, 2.75) is 32.9 Å². The average molecular weight is 253 g/mol. The summed E-state index contributed by atoms with van der Waals surface area (Å²) in [5.74, 6) is -0.880. The standard InChI is InChI=1S/C11H15N3O4/c1-6-9(3-10(15)16)7(2)14(13-6)5-8-4-12-11(17)18-8/h8H,3-5H2,1-2H3,(H,12,17)(H,15,16). The maximum Gasteiger partial charge on any atom is 0.407 e. The number of hydrogen-bond acceptors (Lipinski definition) is 4. The summed E-state index contributed by atoms with van der Waals surface area (Å²) >= 11 is 0. The molecule has 0 radical (unpaired) electrons. The van der Waals surface area contributed by atoms with Gasteiger partial charge in [0.2, 0.25) is 0 Å². The van der Waals surface area contributed by atoms with Crippen molar-refractivity contribution in [3.8, 4) is 0 Å². The monoisotopic (exact) mass is 253 g/mol. The summed E-state index contributed by atoms with van der Waals surface area (Å²) in [7, 11) is 0. The van der Waals surface area contributed by atoms with Crippen molar-refractivity contribution >= 4 is 12.1 Å². The fraction of sp³-hybridized carbons (Fsp3) is 0.545. The van der Waals surface area contributed by atoms with E-state index in [1.54, 1.807) is 11.6 Å². The molecule has 0 spiro atoms. The Kier molecular flexibility index (Phi) is 3.22. The summed E-state index contributed by atoms with van der Waals surface area (Å²) in [6.45, 7) is 4.49. The number of rotatable bonds is 4. The van der Waals surface area contributed by atoms with Crippen molar-refractivity contribution in [1.29, 1.82) is 0 Å². The van der Waals surface area contributed by atoms with Crippen LogP contribution in [0.25, 0.3) is 0 Å². The molecule has 7 heteroatoms. The molecule has 2 rings (SSSR count). The number of carboxylic acid groups (broad SMARTS) is 1. The highest BCUT2D eigenvalue weighted by Crippen LogP contribution is 2.15. The number of nitrogens with zero attached hydrogens (tertiary/aromatic N) is 2. The molecule has 2 N–H and O–H groups in total. The molecule has 2 heterocycles. The van der Waals surface area contributed by atoms with Gasteiger partial charge in [0, 0.05) is 11.3 Å². The highest BCUT2D eigenvalue weighted by atomic mass is 16.6. The van der Waals surface area contributed by atoms with E-state index in [2.05, 4.69) is 10.4 Å². The minimum absolute atomic E-state index is 0.0413. The second-order valence-corrected chi connectivity index (χ2v) is 4.31. The van der Waals surface area contributed by atoms with E-state index in [4.69, 9.17) is 9.84 Å². The van der Waals surface area contributed by atoms with Crippen molar-refractivity contribution < 1.29 is 19.4 Å². The van der Waals surface area contributed by atoms with E-state index in [9.17, 15) is 9.59 Å². The molecule has 1 aliphatic rings. The molecule has 1 aromatic heterocycles. The third kappa shape index (κ3) is 2.44. The van der Waals surface area contributed by atoms with Gasteiger partial charge in [0.25, 0.3) is 0 Å². The first-order valence-corrected chi connectivity index (χ1v) is 5.66. The zero-order chi connectivity index (χ0) is 13.3. The van der Waals surface area contributed by atoms with Gasteiger partial charge in [-0.05, 0) is 13.8 Å². The van der Waals surface area contributed by atoms with Crippen LogP contribution in [0.4, 0.5) is 4.79 Å². The summed E-state index contributed by atoms with van der Waals surface area (Å²) in [5.41, 5.74) is 2.23. The van der Waals surface area contributed by atoms with Crippen LogP contribution >= 0.6 is 0 Å². The Morgan fingerprint density at radius 2 is 2.33 bits per heavy atom. The summed E-state index contributed by atoms with van der Waals surface area (Å²) < 4.78 is 6.72. The van der Waals surface area contributed by atoms with Crippen molar-refractivity contribution in [2.24, 2.45) is 0 Å². The zero-order valence-corrected chi connectivity index (χ0v) is 10.3. The Balaban J connectivity index is 2.14. The van der Waals surface area contributed by atoms with Crippen molar-refractivity contribution in [3.63, 3.8) is 0 Å². The Morgan fingerprint density at radius 1 is 1.61 bits per heavy atom. The predicted octanol–water partition coefficient (Wildman–Crippen LogP) is 0.235. The van der Waals surface area contributed by atoms with Crippen LogP contribution in [0.15, 0.2) is 0 Å². The predicted molar refractivity (Wildman–Crippen MR) is 61.3 cm³/mol. The third-order valence-electron chi connectivity index (χ3n) is 2.98. The molecule has 7 nitrogen and oxygen atoms in total. The molecular formula is C11H15N3O4. The van der Waals surface area contributed by atoms with E-state index in [0.29, 0.717) is 18.8 Å². The number of carbonyl (C=O) groups is 2. The maximum atomic E-state index is 10.9. The number of carboxylic acids is 1. The van der Waals surface area contributed by atoms with E-state index in [1.807, 2.05) is 6.92 Å². The van der Waals surface area contributed by atoms with Gasteiger partial charge in [-0.25, -0.2) is 4.79 Å². The lowest BCUT2D eigenvalue weighted by Gasteiger charge is -2.09. The first-order chi connectivity index (χ1) is 8.47. The van der Waals surface area contributed by atoms with E-state index in [0.717, 1.165) is 11.3 Å². The summed E-state index contributed by atoms with van der Waals surface area (Å²) in [6, 6.07) is 0. The number of cyclic esters (lactones) is 1. The van der Waals surface area contributed by atoms with E-state index in [1.165, 1.54) is 0 Å². The number of nitrogens with one attached hydrogen (secondary N) is 1. The Labute approximate surface area is 104 Å². The molecule has 1 unspecified atom stereocenters. The summed E-state index contributed by atoms with van der Waals surface area (Å²) in [4.78, 5) is 21.7. The summed E-state index contributed by atoms with van der Waals surface area (Å²) in [5, 5.41) is 15.7. The van der Waals surface area contributed by atoms with Gasteiger partial charge in [-0.1, -0.05) is 0 Å². The lowest BCUT2D eigenvalue weighted by molar-refractivity contribution is -0.136. The van der Waals surface area contributed by atoms with Crippen LogP contribution in [0, 0.1) is 13.8 Å². The van der Waals surface area contributed by atoms with Crippen LogP contribution in [-0.4, -0.2) is 39.6 Å². The topological polar surface area (TPSA) is 93.5 Å². The van der Waals surface area contributed by atoms with Gasteiger partial charge in [0.05, 0.1) is 25.2 Å². The van der Waals surface area contributed by atoms with Gasteiger partial charge < -0.3 is 15.2 Å². The van der Waals surface area contributed by atoms with Crippen LogP contribution in [0.1, 0.15) is 17.0 Å². The van der Waals surface area contributed by atoms with Gasteiger partial charge in [-0.15, -0.1) is 0 Å². The molecule has 0 saturated carbocycles. The van der Waals surface area contributed by atoms with Crippen LogP contribution < -0.4 is 5.32 Å². The molecule has 1 fully saturated rings. The van der Waals surface area contributed by atoms with E-state index >= 15 is 0 Å². The van der Waals surface area contributed by atoms with Crippen molar-refractivity contribution in [2.75, 3.05) is 6.54 Å². The fourth-order valence-corrected chi connectivity index (χ4v) is 2.05. The number of ether oxygens (including phenoxy) is 1. The SMILES string of the molecule is Cc1nn(CC2CNC(=O)O2)c(C)c1CC(=O)O. The molecule has 1 aromatic rings. The molecule has 18 heavy (non-hydrogen) atoms. The lowest BCUT2D eigenvalue weighted by Crippen LogP contribution is -2.22. The van der Waals surface area contributed by atoms with Crippen LogP contribution in [0.2, 0.25) is 0 Å². The second kappa shape index (κ2) is 4.67. The van der Waals surface area contributed by atoms with Crippen molar-refractivity contribution in [1.82, 2.24) is 15.1 Å². The number of hydrogen-bond donors (Lipinski definition) is 2. The lowest BCUT2D eigenvalue weighted by atomic mass is 10.1. The molecule has 0 aliphatic carbocycles. The maximum absolute atomic E-state index is 10.9. The molecule has 1 saturated heterocycles. The Hall–Kier alpha value is -2.05. The number of aromatic nitrogens is 2. The van der Waals surface area contributed by atoms with Crippen LogP contribution in [0.5, 0.6) is 0 Å². The van der Waals surface area contributed by atoms with Crippen LogP contribution in [-0.2, 0) is 22.5 Å². The normalized spacial score (nSPS) is 18.6. The summed E-state index contributed by atoms with van der Waals surface area (Å²) in [6.07, 6.45) is -0.721. The molecule has 1 aliphatic heterocycles. The molecular weight excluding hydrogens is 238 g/mol. The minimum atomic E-state index is -0.880. The number of alkyl carbamates (subject to hydrolysis) is 1. The van der Waals surface area contributed by atoms with Crippen molar-refractivity contribution in [3.05, 3.63) is 17.0 Å². The quantitative estimate of drug-likeness (QED) is 0.801. The first kappa shape index (κ1) is 12.4.